The van der Waals surface area contributed by atoms with E-state index in [1.807, 2.05) is 13.8 Å². The van der Waals surface area contributed by atoms with Crippen LogP contribution in [0.5, 0.6) is 0 Å². The van der Waals surface area contributed by atoms with E-state index in [2.05, 4.69) is 5.48 Å². The summed E-state index contributed by atoms with van der Waals surface area (Å²) in [6.07, 6.45) is 2.96. The molecule has 2 unspecified atom stereocenters. The molecule has 0 aliphatic heterocycles. The van der Waals surface area contributed by atoms with Gasteiger partial charge in [-0.15, -0.1) is 0 Å². The van der Waals surface area contributed by atoms with E-state index >= 15 is 0 Å². The van der Waals surface area contributed by atoms with E-state index < -0.39 is 5.60 Å². The molecule has 1 aliphatic rings. The van der Waals surface area contributed by atoms with Gasteiger partial charge in [-0.05, 0) is 33.1 Å². The quantitative estimate of drug-likeness (QED) is 0.599. The second-order valence-corrected chi connectivity index (χ2v) is 3.35. The Balaban J connectivity index is 2.32. The van der Waals surface area contributed by atoms with Gasteiger partial charge < -0.3 is 9.94 Å². The second-order valence-electron chi connectivity index (χ2n) is 3.35. The van der Waals surface area contributed by atoms with Crippen molar-refractivity contribution in [2.24, 2.45) is 0 Å². The van der Waals surface area contributed by atoms with Gasteiger partial charge in [-0.25, -0.2) is 0 Å². The minimum absolute atomic E-state index is 0.113. The molecule has 0 spiro atoms. The van der Waals surface area contributed by atoms with E-state index in [0.717, 1.165) is 19.3 Å². The van der Waals surface area contributed by atoms with Crippen LogP contribution in [0, 0.1) is 0 Å². The molecule has 2 atom stereocenters. The summed E-state index contributed by atoms with van der Waals surface area (Å²) in [5, 5.41) is 9.74. The monoisotopic (exact) mass is 159 g/mol. The van der Waals surface area contributed by atoms with Gasteiger partial charge in [-0.3, -0.25) is 0 Å². The number of aliphatic hydroxyl groups is 1. The van der Waals surface area contributed by atoms with E-state index in [9.17, 15) is 5.11 Å². The van der Waals surface area contributed by atoms with Gasteiger partial charge in [0.2, 0.25) is 0 Å². The SMILES string of the molecule is CCONC1CCCC1(C)O. The Morgan fingerprint density at radius 3 is 2.91 bits per heavy atom. The zero-order valence-corrected chi connectivity index (χ0v) is 7.26. The molecule has 1 rings (SSSR count). The van der Waals surface area contributed by atoms with Crippen molar-refractivity contribution in [2.45, 2.75) is 44.8 Å². The summed E-state index contributed by atoms with van der Waals surface area (Å²) in [4.78, 5) is 5.04. The Hall–Kier alpha value is -0.120. The average Bonchev–Trinajstić information content (AvgIpc) is 2.25. The number of nitrogens with one attached hydrogen (secondary N) is 1. The maximum absolute atomic E-state index is 9.74. The first-order valence-corrected chi connectivity index (χ1v) is 4.26. The Morgan fingerprint density at radius 1 is 1.73 bits per heavy atom. The largest absolute Gasteiger partial charge is 0.388 e. The molecule has 0 heterocycles. The number of hydrogen-bond acceptors (Lipinski definition) is 3. The van der Waals surface area contributed by atoms with Crippen LogP contribution < -0.4 is 5.48 Å². The van der Waals surface area contributed by atoms with Crippen LogP contribution in [0.15, 0.2) is 0 Å². The van der Waals surface area contributed by atoms with Gasteiger partial charge in [-0.1, -0.05) is 0 Å². The van der Waals surface area contributed by atoms with Gasteiger partial charge in [-0.2, -0.15) is 5.48 Å². The normalized spacial score (nSPS) is 37.9. The Kier molecular flexibility index (Phi) is 2.87. The third kappa shape index (κ3) is 2.15. The van der Waals surface area contributed by atoms with Crippen molar-refractivity contribution in [1.29, 1.82) is 0 Å². The second kappa shape index (κ2) is 3.52. The molecule has 0 saturated heterocycles. The summed E-state index contributed by atoms with van der Waals surface area (Å²) >= 11 is 0. The molecule has 3 heteroatoms. The third-order valence-corrected chi connectivity index (χ3v) is 2.30. The lowest BCUT2D eigenvalue weighted by Crippen LogP contribution is -2.44. The first-order chi connectivity index (χ1) is 5.17. The molecule has 3 nitrogen and oxygen atoms in total. The summed E-state index contributed by atoms with van der Waals surface area (Å²) in [5.41, 5.74) is 2.30. The molecule has 1 fully saturated rings. The molecule has 0 amide bonds. The first kappa shape index (κ1) is 8.97. The lowest BCUT2D eigenvalue weighted by Gasteiger charge is -2.25. The summed E-state index contributed by atoms with van der Waals surface area (Å²) in [6, 6.07) is 0.113. The molecule has 0 aromatic heterocycles. The highest BCUT2D eigenvalue weighted by Gasteiger charge is 2.36. The summed E-state index contributed by atoms with van der Waals surface area (Å²) in [6.45, 7) is 4.43. The van der Waals surface area contributed by atoms with Crippen molar-refractivity contribution in [2.75, 3.05) is 6.61 Å². The molecule has 0 aromatic rings. The number of hydrogen-bond donors (Lipinski definition) is 2. The highest BCUT2D eigenvalue weighted by atomic mass is 16.6. The van der Waals surface area contributed by atoms with E-state index in [1.165, 1.54) is 0 Å². The fraction of sp³-hybridized carbons (Fsp3) is 1.00. The van der Waals surface area contributed by atoms with Crippen LogP contribution in [-0.2, 0) is 4.84 Å². The lowest BCUT2D eigenvalue weighted by atomic mass is 10.0. The Labute approximate surface area is 67.7 Å². The smallest absolute Gasteiger partial charge is 0.0794 e. The van der Waals surface area contributed by atoms with Crippen molar-refractivity contribution in [3.05, 3.63) is 0 Å². The fourth-order valence-corrected chi connectivity index (χ4v) is 1.52. The zero-order valence-electron chi connectivity index (χ0n) is 7.26. The molecular formula is C8H17NO2. The van der Waals surface area contributed by atoms with Crippen molar-refractivity contribution in [3.63, 3.8) is 0 Å². The topological polar surface area (TPSA) is 41.5 Å². The van der Waals surface area contributed by atoms with Gasteiger partial charge in [0.15, 0.2) is 0 Å². The van der Waals surface area contributed by atoms with Crippen LogP contribution in [0.3, 0.4) is 0 Å². The van der Waals surface area contributed by atoms with Crippen molar-refractivity contribution in [1.82, 2.24) is 5.48 Å². The Bertz CT molecular complexity index is 125. The molecule has 66 valence electrons. The van der Waals surface area contributed by atoms with Gasteiger partial charge in [0.05, 0.1) is 18.2 Å². The van der Waals surface area contributed by atoms with Crippen LogP contribution >= 0.6 is 0 Å². The fourth-order valence-electron chi connectivity index (χ4n) is 1.52. The van der Waals surface area contributed by atoms with Gasteiger partial charge in [0.1, 0.15) is 0 Å². The molecule has 0 aromatic carbocycles. The highest BCUT2D eigenvalue weighted by molar-refractivity contribution is 4.91. The van der Waals surface area contributed by atoms with Crippen LogP contribution in [0.4, 0.5) is 0 Å². The van der Waals surface area contributed by atoms with E-state index in [-0.39, 0.29) is 6.04 Å². The summed E-state index contributed by atoms with van der Waals surface area (Å²) in [7, 11) is 0. The molecular weight excluding hydrogens is 142 g/mol. The van der Waals surface area contributed by atoms with E-state index in [4.69, 9.17) is 4.84 Å². The summed E-state index contributed by atoms with van der Waals surface area (Å²) < 4.78 is 0. The van der Waals surface area contributed by atoms with Crippen LogP contribution in [-0.4, -0.2) is 23.4 Å². The van der Waals surface area contributed by atoms with E-state index in [0.29, 0.717) is 6.61 Å². The van der Waals surface area contributed by atoms with Crippen molar-refractivity contribution < 1.29 is 9.94 Å². The zero-order chi connectivity index (χ0) is 8.32. The predicted molar refractivity (Wildman–Crippen MR) is 43.0 cm³/mol. The van der Waals surface area contributed by atoms with Crippen molar-refractivity contribution in [3.8, 4) is 0 Å². The predicted octanol–water partition coefficient (Wildman–Crippen LogP) is 0.831. The number of hydroxylamine groups is 1. The van der Waals surface area contributed by atoms with Crippen LogP contribution in [0.1, 0.15) is 33.1 Å². The third-order valence-electron chi connectivity index (χ3n) is 2.30. The number of rotatable bonds is 3. The summed E-state index contributed by atoms with van der Waals surface area (Å²) in [5.74, 6) is 0. The van der Waals surface area contributed by atoms with Gasteiger partial charge in [0, 0.05) is 0 Å². The van der Waals surface area contributed by atoms with Crippen molar-refractivity contribution >= 4 is 0 Å². The molecule has 1 saturated carbocycles. The lowest BCUT2D eigenvalue weighted by molar-refractivity contribution is -0.0472. The Morgan fingerprint density at radius 2 is 2.45 bits per heavy atom. The van der Waals surface area contributed by atoms with Crippen LogP contribution in [0.25, 0.3) is 0 Å². The van der Waals surface area contributed by atoms with Crippen LogP contribution in [0.2, 0.25) is 0 Å². The maximum atomic E-state index is 9.74. The molecule has 11 heavy (non-hydrogen) atoms. The molecule has 1 aliphatic carbocycles. The molecule has 0 bridgehead atoms. The first-order valence-electron chi connectivity index (χ1n) is 4.26. The minimum atomic E-state index is -0.574. The van der Waals surface area contributed by atoms with Gasteiger partial charge in [0.25, 0.3) is 0 Å². The highest BCUT2D eigenvalue weighted by Crippen LogP contribution is 2.29. The molecule has 2 N–H and O–H groups in total. The standard InChI is InChI=1S/C8H17NO2/c1-3-11-9-7-5-4-6-8(7,2)10/h7,9-10H,3-6H2,1-2H3. The van der Waals surface area contributed by atoms with E-state index in [1.54, 1.807) is 0 Å². The average molecular weight is 159 g/mol. The minimum Gasteiger partial charge on any atom is -0.388 e. The van der Waals surface area contributed by atoms with Gasteiger partial charge >= 0.3 is 0 Å². The molecule has 0 radical (unpaired) electrons. The maximum Gasteiger partial charge on any atom is 0.0794 e.